The molecule has 4 atom stereocenters. The minimum Gasteiger partial charge on any atom is -0.469 e. The highest BCUT2D eigenvalue weighted by atomic mass is 16.5. The van der Waals surface area contributed by atoms with Crippen LogP contribution >= 0.6 is 0 Å². The lowest BCUT2D eigenvalue weighted by molar-refractivity contribution is -0.143. The van der Waals surface area contributed by atoms with E-state index in [9.17, 15) is 19.5 Å². The second-order valence-electron chi connectivity index (χ2n) is 13.0. The van der Waals surface area contributed by atoms with E-state index >= 15 is 0 Å². The third kappa shape index (κ3) is 4.59. The summed E-state index contributed by atoms with van der Waals surface area (Å²) >= 11 is 0. The van der Waals surface area contributed by atoms with Crippen molar-refractivity contribution in [2.75, 3.05) is 5.32 Å². The Balaban J connectivity index is 1.49. The molecule has 2 aromatic carbocycles. The third-order valence-electron chi connectivity index (χ3n) is 9.86. The highest BCUT2D eigenvalue weighted by Crippen LogP contribution is 2.59. The number of hydrogen-bond donors (Lipinski definition) is 5. The minimum absolute atomic E-state index is 0.0284. The Morgan fingerprint density at radius 2 is 1.85 bits per heavy atom. The molecule has 1 spiro atoms. The van der Waals surface area contributed by atoms with E-state index in [4.69, 9.17) is 24.3 Å². The number of aliphatic hydroxyl groups is 1. The number of ether oxygens (including phenoxy) is 1. The number of fused-ring (bicyclic) bond motifs is 4. The number of nitrogens with zero attached hydrogens (tertiary/aromatic N) is 2. The predicted octanol–water partition coefficient (Wildman–Crippen LogP) is 3.62. The molecule has 2 aromatic heterocycles. The Hall–Kier alpha value is -5.17. The lowest BCUT2D eigenvalue weighted by Gasteiger charge is -2.30. The Labute approximate surface area is 276 Å². The highest BCUT2D eigenvalue weighted by molar-refractivity contribution is 5.93. The zero-order valence-electron chi connectivity index (χ0n) is 27.3. The van der Waals surface area contributed by atoms with Crippen molar-refractivity contribution in [2.45, 2.75) is 83.2 Å². The van der Waals surface area contributed by atoms with Gasteiger partial charge in [-0.2, -0.15) is 0 Å². The van der Waals surface area contributed by atoms with E-state index in [-0.39, 0.29) is 54.1 Å². The number of para-hydroxylation sites is 1. The zero-order chi connectivity index (χ0) is 34.1. The number of aryl methyl sites for hydroxylation is 1. The first-order chi connectivity index (χ1) is 22.9. The second-order valence-corrected chi connectivity index (χ2v) is 13.0. The van der Waals surface area contributed by atoms with Crippen LogP contribution in [0.15, 0.2) is 51.3 Å². The van der Waals surface area contributed by atoms with Gasteiger partial charge in [0.2, 0.25) is 17.7 Å². The number of anilines is 1. The monoisotopic (exact) mass is 654 g/mol. The van der Waals surface area contributed by atoms with Gasteiger partial charge in [-0.15, -0.1) is 0 Å². The molecule has 7 rings (SSSR count). The van der Waals surface area contributed by atoms with Gasteiger partial charge >= 0.3 is 0 Å². The van der Waals surface area contributed by atoms with Crippen LogP contribution in [0, 0.1) is 12.8 Å². The lowest BCUT2D eigenvalue weighted by Crippen LogP contribution is -2.55. The van der Waals surface area contributed by atoms with Crippen LogP contribution in [-0.4, -0.2) is 50.7 Å². The van der Waals surface area contributed by atoms with Crippen molar-refractivity contribution in [3.63, 3.8) is 0 Å². The molecular formula is C35H38N6O7. The van der Waals surface area contributed by atoms with Gasteiger partial charge in [-0.25, -0.2) is 9.97 Å². The highest BCUT2D eigenvalue weighted by Gasteiger charge is 2.61. The van der Waals surface area contributed by atoms with Crippen LogP contribution in [0.2, 0.25) is 0 Å². The molecule has 5 heterocycles. The van der Waals surface area contributed by atoms with E-state index in [2.05, 4.69) is 20.9 Å². The van der Waals surface area contributed by atoms with Crippen molar-refractivity contribution in [3.05, 3.63) is 82.3 Å². The van der Waals surface area contributed by atoms with E-state index < -0.39 is 47.0 Å². The summed E-state index contributed by atoms with van der Waals surface area (Å²) in [4.78, 5) is 49.0. The molecule has 0 saturated heterocycles. The fourth-order valence-electron chi connectivity index (χ4n) is 7.04. The molecule has 13 heteroatoms. The van der Waals surface area contributed by atoms with Gasteiger partial charge in [0, 0.05) is 17.7 Å². The number of primary amides is 1. The largest absolute Gasteiger partial charge is 0.469 e. The molecule has 3 aliphatic heterocycles. The first kappa shape index (κ1) is 31.4. The van der Waals surface area contributed by atoms with Crippen molar-refractivity contribution in [1.29, 1.82) is 0 Å². The van der Waals surface area contributed by atoms with E-state index in [0.29, 0.717) is 11.5 Å². The fourth-order valence-corrected chi connectivity index (χ4v) is 7.04. The average molecular weight is 655 g/mol. The molecule has 0 aliphatic carbocycles. The summed E-state index contributed by atoms with van der Waals surface area (Å²) in [6, 6.07) is 11.6. The molecule has 4 bridgehead atoms. The van der Waals surface area contributed by atoms with Gasteiger partial charge in [0.05, 0.1) is 0 Å². The maximum atomic E-state index is 14.1. The SMILES string of the molecule is CCC(O)(CC)C(=O)N[C@H]1Cc2ccc3c(c2)C2(c4ccccc4NC2O3)c2oc(nc2-c2nc(C(N)=O)c(C)o2)[C@H](C(C)C)NC1=O. The number of carbonyl (C=O) groups excluding carboxylic acids is 3. The Kier molecular flexibility index (Phi) is 7.35. The number of rotatable bonds is 7. The van der Waals surface area contributed by atoms with E-state index in [0.717, 1.165) is 22.4 Å². The van der Waals surface area contributed by atoms with Crippen LogP contribution in [0.25, 0.3) is 11.6 Å². The summed E-state index contributed by atoms with van der Waals surface area (Å²) < 4.78 is 19.4. The number of carbonyl (C=O) groups is 3. The summed E-state index contributed by atoms with van der Waals surface area (Å²) in [6.45, 7) is 8.87. The summed E-state index contributed by atoms with van der Waals surface area (Å²) in [5, 5.41) is 20.4. The quantitative estimate of drug-likeness (QED) is 0.196. The zero-order valence-corrected chi connectivity index (χ0v) is 27.3. The van der Waals surface area contributed by atoms with Gasteiger partial charge in [-0.3, -0.25) is 14.4 Å². The molecule has 6 N–H and O–H groups in total. The van der Waals surface area contributed by atoms with E-state index in [1.54, 1.807) is 20.8 Å². The van der Waals surface area contributed by atoms with Gasteiger partial charge in [-0.05, 0) is 48.9 Å². The van der Waals surface area contributed by atoms with Gasteiger partial charge in [-0.1, -0.05) is 58.0 Å². The Bertz CT molecular complexity index is 1960. The van der Waals surface area contributed by atoms with E-state index in [1.165, 1.54) is 0 Å². The number of amides is 3. The standard InChI is InChI=1S/C35H38N6O7/c1-6-34(45,7-2)32(44)37-22-15-18-12-13-23-20(14-18)35(19-10-8-9-11-21(19)38-33(35)47-23)27-26(31-40-25(28(36)42)17(5)46-31)41-30(48-27)24(16(3)4)39-29(22)43/h8-14,16,22,24,33,38,45H,6-7,15H2,1-5H3,(H2,36,42)(H,37,44)(H,39,43)/t22-,24-,33?,35?/m0/s1. The third-order valence-corrected chi connectivity index (χ3v) is 9.86. The number of oxazole rings is 2. The maximum absolute atomic E-state index is 14.1. The van der Waals surface area contributed by atoms with Crippen LogP contribution in [0.5, 0.6) is 5.75 Å². The van der Waals surface area contributed by atoms with Crippen molar-refractivity contribution < 1.29 is 33.1 Å². The van der Waals surface area contributed by atoms with Gasteiger partial charge in [0.15, 0.2) is 23.4 Å². The van der Waals surface area contributed by atoms with Gasteiger partial charge in [0.25, 0.3) is 11.8 Å². The van der Waals surface area contributed by atoms with Gasteiger partial charge < -0.3 is 40.4 Å². The molecule has 0 saturated carbocycles. The number of hydrogen-bond acceptors (Lipinski definition) is 10. The number of nitrogens with two attached hydrogens (primary N) is 1. The van der Waals surface area contributed by atoms with Crippen LogP contribution < -0.4 is 26.4 Å². The van der Waals surface area contributed by atoms with Gasteiger partial charge in [0.1, 0.15) is 34.6 Å². The van der Waals surface area contributed by atoms with Crippen LogP contribution in [0.1, 0.15) is 91.2 Å². The summed E-state index contributed by atoms with van der Waals surface area (Å²) in [5.74, 6) is -0.702. The lowest BCUT2D eigenvalue weighted by atomic mass is 9.72. The van der Waals surface area contributed by atoms with E-state index in [1.807, 2.05) is 56.3 Å². The number of benzene rings is 2. The molecule has 2 unspecified atom stereocenters. The van der Waals surface area contributed by atoms with Crippen molar-refractivity contribution in [1.82, 2.24) is 20.6 Å². The second kappa shape index (κ2) is 11.2. The molecular weight excluding hydrogens is 616 g/mol. The summed E-state index contributed by atoms with van der Waals surface area (Å²) in [5.41, 5.74) is 6.24. The summed E-state index contributed by atoms with van der Waals surface area (Å²) in [7, 11) is 0. The first-order valence-electron chi connectivity index (χ1n) is 16.2. The smallest absolute Gasteiger partial charge is 0.270 e. The molecule has 0 radical (unpaired) electrons. The fraction of sp³-hybridized carbons (Fsp3) is 0.400. The molecule has 3 aliphatic rings. The Morgan fingerprint density at radius 1 is 1.10 bits per heavy atom. The molecule has 4 aromatic rings. The normalized spacial score (nSPS) is 22.5. The van der Waals surface area contributed by atoms with Crippen molar-refractivity contribution in [3.8, 4) is 17.3 Å². The van der Waals surface area contributed by atoms with Crippen LogP contribution in [0.3, 0.4) is 0 Å². The topological polar surface area (TPSA) is 195 Å². The predicted molar refractivity (Wildman–Crippen MR) is 173 cm³/mol. The molecule has 250 valence electrons. The Morgan fingerprint density at radius 3 is 2.54 bits per heavy atom. The average Bonchev–Trinajstić information content (AvgIpc) is 3.81. The van der Waals surface area contributed by atoms with Crippen molar-refractivity contribution >= 4 is 23.4 Å². The summed E-state index contributed by atoms with van der Waals surface area (Å²) in [6.07, 6.45) is -0.162. The molecule has 0 fully saturated rings. The maximum Gasteiger partial charge on any atom is 0.270 e. The number of aromatic nitrogens is 2. The van der Waals surface area contributed by atoms with Crippen molar-refractivity contribution in [2.24, 2.45) is 11.7 Å². The molecule has 48 heavy (non-hydrogen) atoms. The van der Waals surface area contributed by atoms with Crippen LogP contribution in [0.4, 0.5) is 5.69 Å². The molecule has 3 amide bonds. The number of nitrogens with one attached hydrogen (secondary N) is 3. The first-order valence-corrected chi connectivity index (χ1v) is 16.2. The minimum atomic E-state index is -1.63. The van der Waals surface area contributed by atoms with Crippen LogP contribution in [-0.2, 0) is 21.4 Å². The molecule has 13 nitrogen and oxygen atoms in total.